The SMILES string of the molecule is C=CCN1C2CCCC1CN(C(c1ccc(C(=O)N(CC)CC)cc1)c1cccc(C)c1)CC2. The largest absolute Gasteiger partial charge is 0.339 e. The van der Waals surface area contributed by atoms with E-state index >= 15 is 0 Å². The fraction of sp³-hybridized carbons (Fsp3) is 0.500. The molecule has 34 heavy (non-hydrogen) atoms. The van der Waals surface area contributed by atoms with Crippen molar-refractivity contribution in [2.24, 2.45) is 0 Å². The zero-order chi connectivity index (χ0) is 24.1. The van der Waals surface area contributed by atoms with Crippen LogP contribution in [0.3, 0.4) is 0 Å². The van der Waals surface area contributed by atoms with Gasteiger partial charge in [-0.3, -0.25) is 14.6 Å². The molecule has 0 radical (unpaired) electrons. The number of carbonyl (C=O) groups excluding carboxylic acids is 1. The van der Waals surface area contributed by atoms with Gasteiger partial charge in [0, 0.05) is 50.4 Å². The summed E-state index contributed by atoms with van der Waals surface area (Å²) in [7, 11) is 0. The summed E-state index contributed by atoms with van der Waals surface area (Å²) in [6, 6.07) is 18.8. The maximum Gasteiger partial charge on any atom is 0.253 e. The molecule has 2 heterocycles. The topological polar surface area (TPSA) is 26.8 Å². The lowest BCUT2D eigenvalue weighted by Crippen LogP contribution is -2.48. The molecule has 3 unspecified atom stereocenters. The lowest BCUT2D eigenvalue weighted by Gasteiger charge is -2.41. The number of fused-ring (bicyclic) bond motifs is 2. The zero-order valence-corrected chi connectivity index (χ0v) is 21.2. The van der Waals surface area contributed by atoms with Gasteiger partial charge in [0.05, 0.1) is 6.04 Å². The van der Waals surface area contributed by atoms with Crippen molar-refractivity contribution in [2.45, 2.75) is 64.6 Å². The van der Waals surface area contributed by atoms with Gasteiger partial charge >= 0.3 is 0 Å². The average Bonchev–Trinajstić information content (AvgIpc) is 2.93. The Bertz CT molecular complexity index is 965. The third kappa shape index (κ3) is 5.29. The van der Waals surface area contributed by atoms with Crippen LogP contribution < -0.4 is 0 Å². The number of benzene rings is 2. The summed E-state index contributed by atoms with van der Waals surface area (Å²) in [5, 5.41) is 0. The monoisotopic (exact) mass is 459 g/mol. The molecule has 4 heteroatoms. The van der Waals surface area contributed by atoms with Gasteiger partial charge in [0.25, 0.3) is 5.91 Å². The summed E-state index contributed by atoms with van der Waals surface area (Å²) in [5.74, 6) is 0.118. The van der Waals surface area contributed by atoms with Crippen molar-refractivity contribution in [1.82, 2.24) is 14.7 Å². The number of aryl methyl sites for hydroxylation is 1. The Labute approximate surface area is 206 Å². The summed E-state index contributed by atoms with van der Waals surface area (Å²) in [4.78, 5) is 20.2. The fourth-order valence-corrected chi connectivity index (χ4v) is 6.04. The van der Waals surface area contributed by atoms with Crippen LogP contribution in [-0.4, -0.2) is 65.4 Å². The maximum atomic E-state index is 12.9. The van der Waals surface area contributed by atoms with Crippen molar-refractivity contribution in [2.75, 3.05) is 32.7 Å². The lowest BCUT2D eigenvalue weighted by atomic mass is 9.93. The number of hydrogen-bond acceptors (Lipinski definition) is 3. The molecule has 0 aromatic heterocycles. The van der Waals surface area contributed by atoms with Gasteiger partial charge in [0.15, 0.2) is 0 Å². The van der Waals surface area contributed by atoms with Crippen LogP contribution in [0.2, 0.25) is 0 Å². The van der Waals surface area contributed by atoms with E-state index in [2.05, 4.69) is 65.8 Å². The van der Waals surface area contributed by atoms with Gasteiger partial charge in [-0.2, -0.15) is 0 Å². The smallest absolute Gasteiger partial charge is 0.253 e. The Hall–Kier alpha value is -2.43. The third-order valence-electron chi connectivity index (χ3n) is 7.79. The van der Waals surface area contributed by atoms with Crippen molar-refractivity contribution >= 4 is 5.91 Å². The summed E-state index contributed by atoms with van der Waals surface area (Å²) in [6.07, 6.45) is 7.16. The van der Waals surface area contributed by atoms with Gasteiger partial charge in [-0.05, 0) is 63.3 Å². The number of amides is 1. The van der Waals surface area contributed by atoms with Crippen molar-refractivity contribution in [3.05, 3.63) is 83.4 Å². The molecule has 2 bridgehead atoms. The average molecular weight is 460 g/mol. The van der Waals surface area contributed by atoms with Crippen molar-refractivity contribution in [3.8, 4) is 0 Å². The Balaban J connectivity index is 1.67. The van der Waals surface area contributed by atoms with E-state index in [9.17, 15) is 4.79 Å². The molecule has 0 aliphatic carbocycles. The second-order valence-corrected chi connectivity index (χ2v) is 9.92. The van der Waals surface area contributed by atoms with Gasteiger partial charge in [0.2, 0.25) is 0 Å². The van der Waals surface area contributed by atoms with Crippen LogP contribution in [0.1, 0.15) is 72.6 Å². The highest BCUT2D eigenvalue weighted by molar-refractivity contribution is 5.94. The molecule has 3 atom stereocenters. The molecule has 2 aliphatic rings. The normalized spacial score (nSPS) is 22.1. The van der Waals surface area contributed by atoms with Gasteiger partial charge in [-0.25, -0.2) is 0 Å². The molecule has 2 aromatic rings. The molecule has 0 N–H and O–H groups in total. The standard InChI is InChI=1S/C30H41N3O/c1-5-19-33-27-12-9-13-28(33)22-32(20-18-27)29(26-11-8-10-23(4)21-26)24-14-16-25(17-15-24)30(34)31(6-2)7-3/h5,8,10-11,14-17,21,27-29H,1,6-7,9,12-13,18-20,22H2,2-4H3. The molecule has 1 amide bonds. The molecule has 182 valence electrons. The van der Waals surface area contributed by atoms with E-state index in [4.69, 9.17) is 0 Å². The molecule has 2 aromatic carbocycles. The van der Waals surface area contributed by atoms with E-state index in [0.29, 0.717) is 12.1 Å². The third-order valence-corrected chi connectivity index (χ3v) is 7.79. The quantitative estimate of drug-likeness (QED) is 0.475. The van der Waals surface area contributed by atoms with Crippen molar-refractivity contribution in [1.29, 1.82) is 0 Å². The molecule has 2 aliphatic heterocycles. The van der Waals surface area contributed by atoms with Crippen LogP contribution in [0.15, 0.2) is 61.2 Å². The van der Waals surface area contributed by atoms with Crippen LogP contribution in [0.4, 0.5) is 0 Å². The Kier molecular flexibility index (Phi) is 8.23. The Morgan fingerprint density at radius 3 is 2.47 bits per heavy atom. The molecule has 2 fully saturated rings. The van der Waals surface area contributed by atoms with E-state index in [0.717, 1.165) is 38.3 Å². The Morgan fingerprint density at radius 1 is 1.06 bits per heavy atom. The first-order valence-corrected chi connectivity index (χ1v) is 13.1. The van der Waals surface area contributed by atoms with Gasteiger partial charge in [-0.1, -0.05) is 54.5 Å². The van der Waals surface area contributed by atoms with Crippen LogP contribution in [0.5, 0.6) is 0 Å². The summed E-state index contributed by atoms with van der Waals surface area (Å²) in [6.45, 7) is 14.9. The number of rotatable bonds is 8. The highest BCUT2D eigenvalue weighted by Gasteiger charge is 2.36. The summed E-state index contributed by atoms with van der Waals surface area (Å²) in [5.41, 5.74) is 4.68. The van der Waals surface area contributed by atoms with Crippen molar-refractivity contribution in [3.63, 3.8) is 0 Å². The first-order chi connectivity index (χ1) is 16.5. The molecular weight excluding hydrogens is 418 g/mol. The summed E-state index contributed by atoms with van der Waals surface area (Å²) < 4.78 is 0. The molecule has 0 saturated carbocycles. The second-order valence-electron chi connectivity index (χ2n) is 9.92. The van der Waals surface area contributed by atoms with Crippen LogP contribution >= 0.6 is 0 Å². The molecule has 4 rings (SSSR count). The molecular formula is C30H41N3O. The van der Waals surface area contributed by atoms with E-state index in [1.807, 2.05) is 30.9 Å². The van der Waals surface area contributed by atoms with Crippen LogP contribution in [0.25, 0.3) is 0 Å². The van der Waals surface area contributed by atoms with Crippen molar-refractivity contribution < 1.29 is 4.79 Å². The molecule has 0 spiro atoms. The highest BCUT2D eigenvalue weighted by atomic mass is 16.2. The molecule has 2 saturated heterocycles. The first kappa shape index (κ1) is 24.7. The minimum absolute atomic E-state index is 0.118. The maximum absolute atomic E-state index is 12.9. The lowest BCUT2D eigenvalue weighted by molar-refractivity contribution is 0.0773. The van der Waals surface area contributed by atoms with Crippen LogP contribution in [0, 0.1) is 6.92 Å². The van der Waals surface area contributed by atoms with Crippen LogP contribution in [-0.2, 0) is 0 Å². The van der Waals surface area contributed by atoms with E-state index in [1.54, 1.807) is 0 Å². The summed E-state index contributed by atoms with van der Waals surface area (Å²) >= 11 is 0. The number of carbonyl (C=O) groups is 1. The fourth-order valence-electron chi connectivity index (χ4n) is 6.04. The molecule has 4 nitrogen and oxygen atoms in total. The van der Waals surface area contributed by atoms with Gasteiger partial charge < -0.3 is 4.90 Å². The first-order valence-electron chi connectivity index (χ1n) is 13.1. The van der Waals surface area contributed by atoms with E-state index < -0.39 is 0 Å². The minimum Gasteiger partial charge on any atom is -0.339 e. The number of piperidine rings is 1. The van der Waals surface area contributed by atoms with E-state index in [1.165, 1.54) is 42.4 Å². The zero-order valence-electron chi connectivity index (χ0n) is 21.2. The number of hydrogen-bond donors (Lipinski definition) is 0. The minimum atomic E-state index is 0.118. The highest BCUT2D eigenvalue weighted by Crippen LogP contribution is 2.35. The Morgan fingerprint density at radius 2 is 1.79 bits per heavy atom. The van der Waals surface area contributed by atoms with Gasteiger partial charge in [0.1, 0.15) is 0 Å². The second kappa shape index (κ2) is 11.3. The predicted molar refractivity (Wildman–Crippen MR) is 141 cm³/mol. The predicted octanol–water partition coefficient (Wildman–Crippen LogP) is 5.68. The van der Waals surface area contributed by atoms with Gasteiger partial charge in [-0.15, -0.1) is 6.58 Å². The number of nitrogens with zero attached hydrogens (tertiary/aromatic N) is 3. The van der Waals surface area contributed by atoms with E-state index in [-0.39, 0.29) is 11.9 Å².